The first-order chi connectivity index (χ1) is 16.5. The Bertz CT molecular complexity index is 1190. The van der Waals surface area contributed by atoms with E-state index in [4.69, 9.17) is 14.2 Å². The monoisotopic (exact) mass is 478 g/mol. The number of hydrogen-bond acceptors (Lipinski definition) is 7. The van der Waals surface area contributed by atoms with Crippen molar-refractivity contribution in [2.75, 3.05) is 38.9 Å². The Hall–Kier alpha value is -3.20. The molecule has 2 atom stereocenters. The third-order valence-electron chi connectivity index (χ3n) is 5.76. The van der Waals surface area contributed by atoms with E-state index < -0.39 is 11.4 Å². The van der Waals surface area contributed by atoms with E-state index in [1.165, 1.54) is 11.8 Å². The van der Waals surface area contributed by atoms with Gasteiger partial charge < -0.3 is 29.1 Å². The predicted molar refractivity (Wildman–Crippen MR) is 131 cm³/mol. The Balaban J connectivity index is 1.53. The maximum Gasteiger partial charge on any atom is 0.257 e. The standard InChI is InChI=1S/C26H26N2O5S/c1-27(2)12-13-28-20-10-9-19(33-18-6-4-3-5-7-18)15-23(20)34-25(24(29)26(28)30)17-8-11-21-22(14-17)32-16-31-21/h3-11,14-15,24-25,29H,12-13,16H2,1-2H3. The first-order valence-electron chi connectivity index (χ1n) is 11.1. The molecule has 0 bridgehead atoms. The molecule has 34 heavy (non-hydrogen) atoms. The Morgan fingerprint density at radius 2 is 1.82 bits per heavy atom. The first-order valence-corrected chi connectivity index (χ1v) is 11.9. The summed E-state index contributed by atoms with van der Waals surface area (Å²) in [6.45, 7) is 1.29. The molecule has 0 radical (unpaired) electrons. The number of ether oxygens (including phenoxy) is 3. The number of fused-ring (bicyclic) bond motifs is 2. The number of para-hydroxylation sites is 1. The molecule has 0 saturated heterocycles. The molecule has 8 heteroatoms. The molecular weight excluding hydrogens is 452 g/mol. The highest BCUT2D eigenvalue weighted by atomic mass is 32.2. The van der Waals surface area contributed by atoms with Gasteiger partial charge in [-0.05, 0) is 62.1 Å². The van der Waals surface area contributed by atoms with Crippen LogP contribution in [0.5, 0.6) is 23.0 Å². The lowest BCUT2D eigenvalue weighted by Gasteiger charge is -2.26. The summed E-state index contributed by atoms with van der Waals surface area (Å²) in [6.07, 6.45) is -1.22. The Kier molecular flexibility index (Phi) is 6.36. The molecule has 0 aromatic heterocycles. The highest BCUT2D eigenvalue weighted by molar-refractivity contribution is 7.99. The van der Waals surface area contributed by atoms with Gasteiger partial charge >= 0.3 is 0 Å². The van der Waals surface area contributed by atoms with Gasteiger partial charge in [0.05, 0.1) is 10.9 Å². The molecule has 2 aliphatic rings. The van der Waals surface area contributed by atoms with Crippen LogP contribution in [0, 0.1) is 0 Å². The van der Waals surface area contributed by atoms with E-state index in [-0.39, 0.29) is 12.7 Å². The number of likely N-dealkylation sites (N-methyl/N-ethyl adjacent to an activating group) is 1. The van der Waals surface area contributed by atoms with Gasteiger partial charge in [0, 0.05) is 18.0 Å². The average molecular weight is 479 g/mol. The second-order valence-corrected chi connectivity index (χ2v) is 9.62. The van der Waals surface area contributed by atoms with Gasteiger partial charge in [0.2, 0.25) is 6.79 Å². The second-order valence-electron chi connectivity index (χ2n) is 8.43. The number of rotatable bonds is 6. The van der Waals surface area contributed by atoms with Crippen LogP contribution >= 0.6 is 11.8 Å². The van der Waals surface area contributed by atoms with Crippen LogP contribution in [0.4, 0.5) is 5.69 Å². The van der Waals surface area contributed by atoms with Gasteiger partial charge in [0.15, 0.2) is 11.5 Å². The van der Waals surface area contributed by atoms with E-state index in [2.05, 4.69) is 0 Å². The molecule has 0 aliphatic carbocycles. The van der Waals surface area contributed by atoms with E-state index in [1.54, 1.807) is 4.90 Å². The van der Waals surface area contributed by atoms with Gasteiger partial charge in [-0.1, -0.05) is 24.3 Å². The fourth-order valence-electron chi connectivity index (χ4n) is 3.98. The smallest absolute Gasteiger partial charge is 0.257 e. The van der Waals surface area contributed by atoms with Gasteiger partial charge in [0.25, 0.3) is 5.91 Å². The maximum atomic E-state index is 13.5. The van der Waals surface area contributed by atoms with Crippen molar-refractivity contribution < 1.29 is 24.1 Å². The summed E-state index contributed by atoms with van der Waals surface area (Å²) in [4.78, 5) is 18.0. The number of carbonyl (C=O) groups is 1. The van der Waals surface area contributed by atoms with Crippen LogP contribution in [0.2, 0.25) is 0 Å². The van der Waals surface area contributed by atoms with Crippen molar-refractivity contribution in [1.29, 1.82) is 0 Å². The normalized spacial score (nSPS) is 19.2. The number of anilines is 1. The van der Waals surface area contributed by atoms with Crippen LogP contribution < -0.4 is 19.1 Å². The summed E-state index contributed by atoms with van der Waals surface area (Å²) < 4.78 is 17.0. The first kappa shape index (κ1) is 22.6. The number of benzene rings is 3. The van der Waals surface area contributed by atoms with Crippen LogP contribution in [0.25, 0.3) is 0 Å². The zero-order chi connectivity index (χ0) is 23.7. The van der Waals surface area contributed by atoms with Gasteiger partial charge in [-0.15, -0.1) is 11.8 Å². The number of amides is 1. The summed E-state index contributed by atoms with van der Waals surface area (Å²) in [5.74, 6) is 2.35. The Morgan fingerprint density at radius 1 is 1.03 bits per heavy atom. The number of thioether (sulfide) groups is 1. The number of carbonyl (C=O) groups excluding carboxylic acids is 1. The summed E-state index contributed by atoms with van der Waals surface area (Å²) >= 11 is 1.45. The second kappa shape index (κ2) is 9.58. The molecule has 3 aromatic rings. The zero-order valence-electron chi connectivity index (χ0n) is 19.0. The lowest BCUT2D eigenvalue weighted by Crippen LogP contribution is -2.43. The van der Waals surface area contributed by atoms with Crippen molar-refractivity contribution in [2.45, 2.75) is 16.2 Å². The average Bonchev–Trinajstić information content (AvgIpc) is 3.28. The molecule has 2 unspecified atom stereocenters. The van der Waals surface area contributed by atoms with Gasteiger partial charge in [0.1, 0.15) is 17.6 Å². The quantitative estimate of drug-likeness (QED) is 0.566. The number of nitrogens with zero attached hydrogens (tertiary/aromatic N) is 2. The van der Waals surface area contributed by atoms with Crippen molar-refractivity contribution in [3.05, 3.63) is 72.3 Å². The predicted octanol–water partition coefficient (Wildman–Crippen LogP) is 4.31. The van der Waals surface area contributed by atoms with E-state index in [9.17, 15) is 9.90 Å². The molecular formula is C26H26N2O5S. The van der Waals surface area contributed by atoms with Gasteiger partial charge in [-0.3, -0.25) is 4.79 Å². The number of hydrogen-bond donors (Lipinski definition) is 1. The van der Waals surface area contributed by atoms with E-state index in [0.717, 1.165) is 21.9 Å². The topological polar surface area (TPSA) is 71.5 Å². The minimum absolute atomic E-state index is 0.166. The maximum absolute atomic E-state index is 13.5. The summed E-state index contributed by atoms with van der Waals surface area (Å²) in [6, 6.07) is 20.8. The van der Waals surface area contributed by atoms with Crippen molar-refractivity contribution in [3.63, 3.8) is 0 Å². The molecule has 0 spiro atoms. The SMILES string of the molecule is CN(C)CCN1C(=O)C(O)C(c2ccc3c(c2)OCO3)Sc2cc(Oc3ccccc3)ccc21. The Labute approximate surface area is 202 Å². The van der Waals surface area contributed by atoms with E-state index in [0.29, 0.717) is 30.3 Å². The summed E-state index contributed by atoms with van der Waals surface area (Å²) in [5, 5.41) is 10.7. The lowest BCUT2D eigenvalue weighted by molar-refractivity contribution is -0.126. The highest BCUT2D eigenvalue weighted by Gasteiger charge is 2.38. The zero-order valence-corrected chi connectivity index (χ0v) is 19.8. The largest absolute Gasteiger partial charge is 0.457 e. The van der Waals surface area contributed by atoms with Crippen molar-refractivity contribution >= 4 is 23.4 Å². The minimum atomic E-state index is -1.22. The minimum Gasteiger partial charge on any atom is -0.457 e. The van der Waals surface area contributed by atoms with Crippen molar-refractivity contribution in [2.24, 2.45) is 0 Å². The number of aliphatic hydroxyl groups excluding tert-OH is 1. The molecule has 3 aromatic carbocycles. The molecule has 2 aliphatic heterocycles. The van der Waals surface area contributed by atoms with Gasteiger partial charge in [-0.25, -0.2) is 0 Å². The molecule has 7 nitrogen and oxygen atoms in total. The van der Waals surface area contributed by atoms with Crippen LogP contribution in [0.3, 0.4) is 0 Å². The van der Waals surface area contributed by atoms with E-state index >= 15 is 0 Å². The van der Waals surface area contributed by atoms with Crippen molar-refractivity contribution in [1.82, 2.24) is 4.90 Å². The molecule has 2 heterocycles. The lowest BCUT2D eigenvalue weighted by atomic mass is 10.1. The fraction of sp³-hybridized carbons (Fsp3) is 0.269. The molecule has 1 amide bonds. The fourth-order valence-corrected chi connectivity index (χ4v) is 5.26. The molecule has 0 saturated carbocycles. The summed E-state index contributed by atoms with van der Waals surface area (Å²) in [7, 11) is 3.92. The molecule has 1 N–H and O–H groups in total. The van der Waals surface area contributed by atoms with Crippen LogP contribution in [0.15, 0.2) is 71.6 Å². The molecule has 5 rings (SSSR count). The molecule has 176 valence electrons. The summed E-state index contributed by atoms with van der Waals surface area (Å²) in [5.41, 5.74) is 1.56. The van der Waals surface area contributed by atoms with Crippen molar-refractivity contribution in [3.8, 4) is 23.0 Å². The third kappa shape index (κ3) is 4.57. The third-order valence-corrected chi connectivity index (χ3v) is 7.12. The van der Waals surface area contributed by atoms with E-state index in [1.807, 2.05) is 85.7 Å². The number of aliphatic hydroxyl groups is 1. The van der Waals surface area contributed by atoms with Crippen LogP contribution in [-0.4, -0.2) is 56.0 Å². The van der Waals surface area contributed by atoms with Crippen LogP contribution in [0.1, 0.15) is 10.8 Å². The Morgan fingerprint density at radius 3 is 2.62 bits per heavy atom. The van der Waals surface area contributed by atoms with Gasteiger partial charge in [-0.2, -0.15) is 0 Å². The van der Waals surface area contributed by atoms with Crippen LogP contribution in [-0.2, 0) is 4.79 Å². The highest BCUT2D eigenvalue weighted by Crippen LogP contribution is 2.48. The molecule has 0 fully saturated rings.